The number of hydrogen-bond donors (Lipinski definition) is 3. The molecule has 0 radical (unpaired) electrons. The van der Waals surface area contributed by atoms with Gasteiger partial charge in [0.25, 0.3) is 0 Å². The molecule has 0 heterocycles. The first kappa shape index (κ1) is 14.5. The highest BCUT2D eigenvalue weighted by Gasteiger charge is 2.22. The maximum absolute atomic E-state index is 11.4. The van der Waals surface area contributed by atoms with Gasteiger partial charge in [-0.2, -0.15) is 0 Å². The Bertz CT molecular complexity index is 529. The second-order valence-electron chi connectivity index (χ2n) is 4.52. The van der Waals surface area contributed by atoms with Crippen molar-refractivity contribution in [3.63, 3.8) is 0 Å². The largest absolute Gasteiger partial charge is 0.495 e. The average molecular weight is 297 g/mol. The predicted molar refractivity (Wildman–Crippen MR) is 79.3 cm³/mol. The Kier molecular flexibility index (Phi) is 4.68. The molecule has 1 amide bonds. The number of nitrogens with one attached hydrogen (secondary N) is 2. The van der Waals surface area contributed by atoms with Crippen LogP contribution >= 0.6 is 11.6 Å². The molecule has 6 nitrogen and oxygen atoms in total. The fourth-order valence-electron chi connectivity index (χ4n) is 1.59. The lowest BCUT2D eigenvalue weighted by atomic mass is 10.3. The minimum atomic E-state index is -0.120. The Morgan fingerprint density at radius 3 is 2.90 bits per heavy atom. The highest BCUT2D eigenvalue weighted by Crippen LogP contribution is 2.27. The van der Waals surface area contributed by atoms with Crippen LogP contribution in [0.2, 0.25) is 5.02 Å². The summed E-state index contributed by atoms with van der Waals surface area (Å²) in [7, 11) is 1.54. The molecule has 0 bridgehead atoms. The van der Waals surface area contributed by atoms with E-state index in [0.29, 0.717) is 22.5 Å². The Morgan fingerprint density at radius 2 is 2.30 bits per heavy atom. The number of anilines is 1. The van der Waals surface area contributed by atoms with Gasteiger partial charge in [-0.05, 0) is 31.0 Å². The summed E-state index contributed by atoms with van der Waals surface area (Å²) < 4.78 is 5.05. The van der Waals surface area contributed by atoms with Gasteiger partial charge in [-0.15, -0.1) is 0 Å². The van der Waals surface area contributed by atoms with Crippen LogP contribution < -0.4 is 21.1 Å². The lowest BCUT2D eigenvalue weighted by Gasteiger charge is -2.08. The molecule has 1 aromatic carbocycles. The Hall–Kier alpha value is -1.95. The molecule has 1 aliphatic carbocycles. The number of nitrogens with zero attached hydrogens (tertiary/aromatic N) is 1. The zero-order valence-corrected chi connectivity index (χ0v) is 11.9. The number of amides is 1. The second kappa shape index (κ2) is 6.47. The van der Waals surface area contributed by atoms with Crippen LogP contribution in [-0.4, -0.2) is 31.6 Å². The number of aliphatic imine (C=N–C) groups is 1. The number of hydrogen-bond acceptors (Lipinski definition) is 3. The first-order valence-corrected chi connectivity index (χ1v) is 6.66. The maximum Gasteiger partial charge on any atom is 0.242 e. The van der Waals surface area contributed by atoms with E-state index in [2.05, 4.69) is 15.6 Å². The number of ether oxygens (including phenoxy) is 1. The third kappa shape index (κ3) is 4.31. The van der Waals surface area contributed by atoms with Crippen LogP contribution in [0.4, 0.5) is 5.69 Å². The molecule has 7 heteroatoms. The number of carbonyl (C=O) groups is 1. The minimum absolute atomic E-state index is 0.0131. The Labute approximate surface area is 122 Å². The molecule has 20 heavy (non-hydrogen) atoms. The van der Waals surface area contributed by atoms with Crippen molar-refractivity contribution >= 4 is 29.2 Å². The van der Waals surface area contributed by atoms with E-state index in [-0.39, 0.29) is 18.4 Å². The smallest absolute Gasteiger partial charge is 0.242 e. The van der Waals surface area contributed by atoms with Gasteiger partial charge >= 0.3 is 0 Å². The van der Waals surface area contributed by atoms with Crippen LogP contribution in [0.25, 0.3) is 0 Å². The molecule has 108 valence electrons. The van der Waals surface area contributed by atoms with E-state index in [0.717, 1.165) is 12.8 Å². The summed E-state index contributed by atoms with van der Waals surface area (Å²) in [4.78, 5) is 15.4. The number of guanidine groups is 1. The number of nitrogens with two attached hydrogens (primary N) is 1. The van der Waals surface area contributed by atoms with Crippen LogP contribution in [0.3, 0.4) is 0 Å². The van der Waals surface area contributed by atoms with E-state index in [9.17, 15) is 4.79 Å². The van der Waals surface area contributed by atoms with Crippen LogP contribution in [0.15, 0.2) is 23.2 Å². The lowest BCUT2D eigenvalue weighted by Crippen LogP contribution is -2.30. The maximum atomic E-state index is 11.4. The third-order valence-corrected chi connectivity index (χ3v) is 3.06. The Balaban J connectivity index is 1.87. The molecule has 0 saturated heterocycles. The number of methoxy groups -OCH3 is 1. The zero-order chi connectivity index (χ0) is 14.5. The van der Waals surface area contributed by atoms with E-state index in [1.165, 1.54) is 0 Å². The van der Waals surface area contributed by atoms with E-state index < -0.39 is 0 Å². The quantitative estimate of drug-likeness (QED) is 0.565. The summed E-state index contributed by atoms with van der Waals surface area (Å²) in [6.07, 6.45) is 2.10. The standard InChI is InChI=1S/C13H17ClN4O2/c1-20-11-5-4-9(6-10(11)14)18-13(15)16-7-12(19)17-8-2-3-8/h4-6,8H,2-3,7H2,1H3,(H,17,19)(H3,15,16,18). The van der Waals surface area contributed by atoms with Crippen LogP contribution in [0.1, 0.15) is 12.8 Å². The first-order chi connectivity index (χ1) is 9.58. The van der Waals surface area contributed by atoms with Crippen molar-refractivity contribution in [2.24, 2.45) is 10.7 Å². The fourth-order valence-corrected chi connectivity index (χ4v) is 1.85. The molecule has 0 aromatic heterocycles. The van der Waals surface area contributed by atoms with E-state index >= 15 is 0 Å². The van der Waals surface area contributed by atoms with Crippen molar-refractivity contribution in [3.05, 3.63) is 23.2 Å². The van der Waals surface area contributed by atoms with Gasteiger partial charge in [-0.25, -0.2) is 4.99 Å². The number of rotatable bonds is 5. The van der Waals surface area contributed by atoms with Gasteiger partial charge in [0.15, 0.2) is 5.96 Å². The van der Waals surface area contributed by atoms with Gasteiger partial charge < -0.3 is 21.1 Å². The normalized spacial score (nSPS) is 14.8. The summed E-state index contributed by atoms with van der Waals surface area (Å²) in [6.45, 7) is 0.0131. The number of benzene rings is 1. The highest BCUT2D eigenvalue weighted by atomic mass is 35.5. The van der Waals surface area contributed by atoms with Crippen LogP contribution in [0, 0.1) is 0 Å². The molecule has 0 atom stereocenters. The third-order valence-electron chi connectivity index (χ3n) is 2.76. The van der Waals surface area contributed by atoms with Crippen molar-refractivity contribution in [2.45, 2.75) is 18.9 Å². The Morgan fingerprint density at radius 1 is 1.55 bits per heavy atom. The van der Waals surface area contributed by atoms with Crippen molar-refractivity contribution in [3.8, 4) is 5.75 Å². The fraction of sp³-hybridized carbons (Fsp3) is 0.385. The minimum Gasteiger partial charge on any atom is -0.495 e. The molecular weight excluding hydrogens is 280 g/mol. The van der Waals surface area contributed by atoms with Crippen LogP contribution in [-0.2, 0) is 4.79 Å². The monoisotopic (exact) mass is 296 g/mol. The molecule has 1 aromatic rings. The lowest BCUT2D eigenvalue weighted by molar-refractivity contribution is -0.119. The highest BCUT2D eigenvalue weighted by molar-refractivity contribution is 6.32. The molecule has 1 aliphatic rings. The van der Waals surface area contributed by atoms with Gasteiger partial charge in [-0.1, -0.05) is 11.6 Å². The molecule has 0 unspecified atom stereocenters. The summed E-state index contributed by atoms with van der Waals surface area (Å²) in [5.74, 6) is 0.624. The van der Waals surface area contributed by atoms with Gasteiger partial charge in [0.1, 0.15) is 12.3 Å². The summed E-state index contributed by atoms with van der Waals surface area (Å²) >= 11 is 5.99. The molecule has 2 rings (SSSR count). The zero-order valence-electron chi connectivity index (χ0n) is 11.1. The average Bonchev–Trinajstić information content (AvgIpc) is 3.20. The molecule has 0 spiro atoms. The summed E-state index contributed by atoms with van der Waals surface area (Å²) in [5.41, 5.74) is 6.39. The SMILES string of the molecule is COc1ccc(NC(N)=NCC(=O)NC2CC2)cc1Cl. The topological polar surface area (TPSA) is 88.7 Å². The van der Waals surface area contributed by atoms with Gasteiger partial charge in [0.05, 0.1) is 12.1 Å². The number of halogens is 1. The molecular formula is C13H17ClN4O2. The van der Waals surface area contributed by atoms with Crippen molar-refractivity contribution in [1.29, 1.82) is 0 Å². The molecule has 1 fully saturated rings. The van der Waals surface area contributed by atoms with Gasteiger partial charge in [0.2, 0.25) is 5.91 Å². The van der Waals surface area contributed by atoms with Crippen molar-refractivity contribution in [1.82, 2.24) is 5.32 Å². The first-order valence-electron chi connectivity index (χ1n) is 6.28. The van der Waals surface area contributed by atoms with E-state index in [4.69, 9.17) is 22.1 Å². The van der Waals surface area contributed by atoms with Crippen molar-refractivity contribution < 1.29 is 9.53 Å². The van der Waals surface area contributed by atoms with Crippen molar-refractivity contribution in [2.75, 3.05) is 19.0 Å². The molecule has 4 N–H and O–H groups in total. The van der Waals surface area contributed by atoms with E-state index in [1.807, 2.05) is 0 Å². The van der Waals surface area contributed by atoms with Gasteiger partial charge in [-0.3, -0.25) is 4.79 Å². The molecule has 1 saturated carbocycles. The summed E-state index contributed by atoms with van der Waals surface area (Å²) in [5, 5.41) is 6.17. The second-order valence-corrected chi connectivity index (χ2v) is 4.92. The molecule has 0 aliphatic heterocycles. The summed E-state index contributed by atoms with van der Waals surface area (Å²) in [6, 6.07) is 5.48. The predicted octanol–water partition coefficient (Wildman–Crippen LogP) is 1.35. The van der Waals surface area contributed by atoms with Crippen LogP contribution in [0.5, 0.6) is 5.75 Å². The number of carbonyl (C=O) groups excluding carboxylic acids is 1. The van der Waals surface area contributed by atoms with E-state index in [1.54, 1.807) is 25.3 Å². The van der Waals surface area contributed by atoms with Gasteiger partial charge in [0, 0.05) is 11.7 Å².